The van der Waals surface area contributed by atoms with Gasteiger partial charge in [0.2, 0.25) is 0 Å². The number of anilines is 2. The van der Waals surface area contributed by atoms with Crippen molar-refractivity contribution in [3.8, 4) is 35.8 Å². The van der Waals surface area contributed by atoms with E-state index < -0.39 is 0 Å². The summed E-state index contributed by atoms with van der Waals surface area (Å²) in [6.45, 7) is 0. The molecule has 0 aliphatic carbocycles. The van der Waals surface area contributed by atoms with E-state index in [1.165, 1.54) is 0 Å². The predicted octanol–water partition coefficient (Wildman–Crippen LogP) is 3.57. The number of benzene rings is 2. The zero-order valence-corrected chi connectivity index (χ0v) is 16.4. The Labute approximate surface area is 166 Å². The summed E-state index contributed by atoms with van der Waals surface area (Å²) in [5, 5.41) is 18.4. The quantitative estimate of drug-likeness (QED) is 0.604. The van der Waals surface area contributed by atoms with E-state index in [2.05, 4.69) is 23.7 Å². The van der Waals surface area contributed by atoms with Crippen LogP contribution in [0.15, 0.2) is 59.7 Å². The molecule has 0 unspecified atom stereocenters. The van der Waals surface area contributed by atoms with Crippen LogP contribution in [0.25, 0.3) is 0 Å². The standard InChI is InChI=1S/C24H20N4/c1-27(2)23-13-7-19(8-14-23)5-11-21(22(17-25)18-26)12-6-20-9-15-24(16-10-20)28(3)4/h7-10,13-16H,1-4H3. The number of nitrogens with zero attached hydrogens (tertiary/aromatic N) is 4. The monoisotopic (exact) mass is 364 g/mol. The van der Waals surface area contributed by atoms with Gasteiger partial charge in [0.1, 0.15) is 17.7 Å². The van der Waals surface area contributed by atoms with E-state index in [4.69, 9.17) is 0 Å². The lowest BCUT2D eigenvalue weighted by molar-refractivity contribution is 1.13. The van der Waals surface area contributed by atoms with E-state index >= 15 is 0 Å². The van der Waals surface area contributed by atoms with Crippen LogP contribution < -0.4 is 9.80 Å². The Morgan fingerprint density at radius 2 is 0.964 bits per heavy atom. The first-order chi connectivity index (χ1) is 13.4. The molecule has 0 aromatic heterocycles. The SMILES string of the molecule is CN(C)c1ccc(C#CC(C#Cc2ccc(N(C)C)cc2)=C(C#N)C#N)cc1. The molecule has 0 radical (unpaired) electrons. The molecule has 2 rings (SSSR count). The van der Waals surface area contributed by atoms with E-state index in [9.17, 15) is 10.5 Å². The zero-order valence-electron chi connectivity index (χ0n) is 16.4. The van der Waals surface area contributed by atoms with E-state index in [0.29, 0.717) is 0 Å². The Balaban J connectivity index is 2.35. The third-order valence-corrected chi connectivity index (χ3v) is 3.90. The van der Waals surface area contributed by atoms with Gasteiger partial charge in [-0.3, -0.25) is 0 Å². The molecule has 4 heteroatoms. The molecule has 0 bridgehead atoms. The van der Waals surface area contributed by atoms with Gasteiger partial charge in [0.25, 0.3) is 0 Å². The van der Waals surface area contributed by atoms with Crippen LogP contribution in [0.3, 0.4) is 0 Å². The Morgan fingerprint density at radius 1 is 0.607 bits per heavy atom. The Hall–Kier alpha value is -4.12. The molecule has 2 aromatic rings. The first-order valence-corrected chi connectivity index (χ1v) is 8.58. The van der Waals surface area contributed by atoms with Gasteiger partial charge in [-0.1, -0.05) is 23.7 Å². The first kappa shape index (κ1) is 20.2. The number of nitriles is 2. The number of hydrogen-bond donors (Lipinski definition) is 0. The maximum absolute atomic E-state index is 9.21. The average molecular weight is 364 g/mol. The number of rotatable bonds is 2. The summed E-state index contributed by atoms with van der Waals surface area (Å²) in [4.78, 5) is 4.00. The fraction of sp³-hybridized carbons (Fsp3) is 0.167. The smallest absolute Gasteiger partial charge is 0.153 e. The molecular weight excluding hydrogens is 344 g/mol. The van der Waals surface area contributed by atoms with Crippen molar-refractivity contribution in [1.29, 1.82) is 10.5 Å². The van der Waals surface area contributed by atoms with E-state index in [1.807, 2.05) is 98.7 Å². The molecule has 0 fully saturated rings. The molecule has 0 atom stereocenters. The fourth-order valence-corrected chi connectivity index (χ4v) is 2.25. The molecular formula is C24H20N4. The molecule has 28 heavy (non-hydrogen) atoms. The molecule has 0 heterocycles. The van der Waals surface area contributed by atoms with Crippen molar-refractivity contribution >= 4 is 11.4 Å². The molecule has 2 aromatic carbocycles. The van der Waals surface area contributed by atoms with Gasteiger partial charge in [0, 0.05) is 50.7 Å². The lowest BCUT2D eigenvalue weighted by atomic mass is 10.1. The molecule has 0 N–H and O–H groups in total. The molecule has 0 saturated heterocycles. The Bertz CT molecular complexity index is 979. The highest BCUT2D eigenvalue weighted by Gasteiger charge is 2.01. The van der Waals surface area contributed by atoms with Crippen LogP contribution in [0.4, 0.5) is 11.4 Å². The summed E-state index contributed by atoms with van der Waals surface area (Å²) in [6, 6.07) is 19.2. The van der Waals surface area contributed by atoms with E-state index in [-0.39, 0.29) is 11.1 Å². The van der Waals surface area contributed by atoms with Gasteiger partial charge >= 0.3 is 0 Å². The van der Waals surface area contributed by atoms with Gasteiger partial charge in [-0.05, 0) is 48.5 Å². The molecule has 0 spiro atoms. The minimum absolute atomic E-state index is 0.0881. The fourth-order valence-electron chi connectivity index (χ4n) is 2.25. The van der Waals surface area contributed by atoms with Crippen molar-refractivity contribution in [2.45, 2.75) is 0 Å². The van der Waals surface area contributed by atoms with Crippen molar-refractivity contribution in [2.24, 2.45) is 0 Å². The average Bonchev–Trinajstić information content (AvgIpc) is 2.70. The van der Waals surface area contributed by atoms with Crippen molar-refractivity contribution in [3.05, 3.63) is 70.8 Å². The molecule has 0 amide bonds. The molecule has 0 saturated carbocycles. The maximum atomic E-state index is 9.21. The minimum atomic E-state index is -0.0881. The lowest BCUT2D eigenvalue weighted by Gasteiger charge is -2.11. The molecule has 0 aliphatic heterocycles. The van der Waals surface area contributed by atoms with Gasteiger partial charge in [-0.15, -0.1) is 0 Å². The van der Waals surface area contributed by atoms with Gasteiger partial charge in [0.05, 0.1) is 0 Å². The third-order valence-electron chi connectivity index (χ3n) is 3.90. The highest BCUT2D eigenvalue weighted by Crippen LogP contribution is 2.13. The second kappa shape index (κ2) is 9.54. The summed E-state index contributed by atoms with van der Waals surface area (Å²) in [6.07, 6.45) is 0. The Kier molecular flexibility index (Phi) is 6.88. The largest absolute Gasteiger partial charge is 0.378 e. The van der Waals surface area contributed by atoms with E-state index in [0.717, 1.165) is 22.5 Å². The van der Waals surface area contributed by atoms with Crippen LogP contribution in [-0.4, -0.2) is 28.2 Å². The van der Waals surface area contributed by atoms with Crippen molar-refractivity contribution in [1.82, 2.24) is 0 Å². The highest BCUT2D eigenvalue weighted by molar-refractivity contribution is 5.61. The van der Waals surface area contributed by atoms with Gasteiger partial charge in [-0.25, -0.2) is 0 Å². The molecule has 4 nitrogen and oxygen atoms in total. The second-order valence-corrected chi connectivity index (χ2v) is 6.36. The van der Waals surface area contributed by atoms with Crippen LogP contribution in [-0.2, 0) is 0 Å². The zero-order chi connectivity index (χ0) is 20.5. The molecule has 0 aliphatic rings. The maximum Gasteiger partial charge on any atom is 0.153 e. The summed E-state index contributed by atoms with van der Waals surface area (Å²) in [7, 11) is 7.87. The summed E-state index contributed by atoms with van der Waals surface area (Å²) < 4.78 is 0. The number of allylic oxidation sites excluding steroid dienone is 2. The predicted molar refractivity (Wildman–Crippen MR) is 114 cm³/mol. The summed E-state index contributed by atoms with van der Waals surface area (Å²) in [5.74, 6) is 11.7. The first-order valence-electron chi connectivity index (χ1n) is 8.58. The second-order valence-electron chi connectivity index (χ2n) is 6.36. The van der Waals surface area contributed by atoms with Gasteiger partial charge in [-0.2, -0.15) is 10.5 Å². The van der Waals surface area contributed by atoms with Crippen LogP contribution >= 0.6 is 0 Å². The summed E-state index contributed by atoms with van der Waals surface area (Å²) >= 11 is 0. The van der Waals surface area contributed by atoms with Crippen LogP contribution in [0.2, 0.25) is 0 Å². The summed E-state index contributed by atoms with van der Waals surface area (Å²) in [5.41, 5.74) is 3.84. The van der Waals surface area contributed by atoms with Crippen molar-refractivity contribution in [3.63, 3.8) is 0 Å². The van der Waals surface area contributed by atoms with Crippen molar-refractivity contribution in [2.75, 3.05) is 38.0 Å². The van der Waals surface area contributed by atoms with Gasteiger partial charge in [0.15, 0.2) is 5.57 Å². The normalized spacial score (nSPS) is 8.79. The van der Waals surface area contributed by atoms with Crippen LogP contribution in [0.1, 0.15) is 11.1 Å². The topological polar surface area (TPSA) is 54.1 Å². The van der Waals surface area contributed by atoms with Gasteiger partial charge < -0.3 is 9.80 Å². The minimum Gasteiger partial charge on any atom is -0.378 e. The van der Waals surface area contributed by atoms with Crippen molar-refractivity contribution < 1.29 is 0 Å². The number of hydrogen-bond acceptors (Lipinski definition) is 4. The van der Waals surface area contributed by atoms with E-state index in [1.54, 1.807) is 0 Å². The van der Waals surface area contributed by atoms with Crippen LogP contribution in [0.5, 0.6) is 0 Å². The Morgan fingerprint density at radius 3 is 1.25 bits per heavy atom. The lowest BCUT2D eigenvalue weighted by Crippen LogP contribution is -2.07. The third kappa shape index (κ3) is 5.44. The molecule has 136 valence electrons. The van der Waals surface area contributed by atoms with Crippen LogP contribution in [0, 0.1) is 46.3 Å². The highest BCUT2D eigenvalue weighted by atomic mass is 15.1.